The molecule has 0 aromatic carbocycles. The van der Waals surface area contributed by atoms with Crippen molar-refractivity contribution in [3.8, 4) is 0 Å². The summed E-state index contributed by atoms with van der Waals surface area (Å²) in [4.78, 5) is 12.8. The molecule has 0 fully saturated rings. The molecule has 3 N–H and O–H groups in total. The van der Waals surface area contributed by atoms with Crippen LogP contribution in [0.3, 0.4) is 0 Å². The lowest BCUT2D eigenvalue weighted by Crippen LogP contribution is -2.33. The zero-order chi connectivity index (χ0) is 15.7. The maximum atomic E-state index is 12.1. The third kappa shape index (κ3) is 4.02. The summed E-state index contributed by atoms with van der Waals surface area (Å²) in [7, 11) is -5.98. The van der Waals surface area contributed by atoms with E-state index in [0.717, 1.165) is 11.2 Å². The molecule has 1 aromatic rings. The van der Waals surface area contributed by atoms with Gasteiger partial charge in [-0.15, -0.1) is 0 Å². The van der Waals surface area contributed by atoms with Crippen molar-refractivity contribution in [2.75, 3.05) is 25.6 Å². The highest BCUT2D eigenvalue weighted by atomic mass is 32.2. The van der Waals surface area contributed by atoms with Gasteiger partial charge in [-0.1, -0.05) is 0 Å². The van der Waals surface area contributed by atoms with Crippen molar-refractivity contribution in [3.63, 3.8) is 0 Å². The Kier molecular flexibility index (Phi) is 4.56. The Labute approximate surface area is 117 Å². The van der Waals surface area contributed by atoms with Crippen LogP contribution in [-0.4, -0.2) is 63.4 Å². The number of amides is 1. The van der Waals surface area contributed by atoms with E-state index >= 15 is 0 Å². The van der Waals surface area contributed by atoms with Crippen molar-refractivity contribution < 1.29 is 21.6 Å². The van der Waals surface area contributed by atoms with E-state index in [-0.39, 0.29) is 28.6 Å². The number of aryl methyl sites for hydroxylation is 1. The molecule has 0 atom stereocenters. The Bertz CT molecular complexity index is 720. The van der Waals surface area contributed by atoms with Gasteiger partial charge >= 0.3 is 0 Å². The standard InChI is InChI=1S/C9H16N4O5S2/c1-6-8(20(10,17)18)7(12-11-6)9(14)13(2)4-5-19(3,15)16/h4-5H2,1-3H3,(H,11,12)(H2,10,17,18). The van der Waals surface area contributed by atoms with Gasteiger partial charge in [-0.25, -0.2) is 22.0 Å². The number of hydrogen-bond donors (Lipinski definition) is 2. The lowest BCUT2D eigenvalue weighted by molar-refractivity contribution is 0.0794. The zero-order valence-corrected chi connectivity index (χ0v) is 12.9. The summed E-state index contributed by atoms with van der Waals surface area (Å²) >= 11 is 0. The van der Waals surface area contributed by atoms with Crippen LogP contribution < -0.4 is 5.14 Å². The monoisotopic (exact) mass is 324 g/mol. The fourth-order valence-electron chi connectivity index (χ4n) is 1.50. The minimum absolute atomic E-state index is 0.0758. The number of sulfonamides is 1. The fraction of sp³-hybridized carbons (Fsp3) is 0.556. The molecule has 1 amide bonds. The topological polar surface area (TPSA) is 143 Å². The maximum absolute atomic E-state index is 12.1. The second-order valence-electron chi connectivity index (χ2n) is 4.43. The van der Waals surface area contributed by atoms with Crippen LogP contribution in [0.25, 0.3) is 0 Å². The van der Waals surface area contributed by atoms with E-state index in [9.17, 15) is 21.6 Å². The van der Waals surface area contributed by atoms with Crippen molar-refractivity contribution in [3.05, 3.63) is 11.4 Å². The Morgan fingerprint density at radius 2 is 1.90 bits per heavy atom. The summed E-state index contributed by atoms with van der Waals surface area (Å²) in [6.45, 7) is 1.34. The molecule has 20 heavy (non-hydrogen) atoms. The number of nitrogens with zero attached hydrogens (tertiary/aromatic N) is 2. The number of hydrogen-bond acceptors (Lipinski definition) is 6. The molecule has 0 saturated heterocycles. The van der Waals surface area contributed by atoms with Gasteiger partial charge in [-0.05, 0) is 6.92 Å². The molecule has 0 spiro atoms. The SMILES string of the molecule is Cc1[nH]nc(C(=O)N(C)CCS(C)(=O)=O)c1S(N)(=O)=O. The molecule has 0 aliphatic rings. The number of aromatic amines is 1. The Hall–Kier alpha value is -1.46. The van der Waals surface area contributed by atoms with Crippen LogP contribution in [0.4, 0.5) is 0 Å². The third-order valence-electron chi connectivity index (χ3n) is 2.52. The molecule has 9 nitrogen and oxygen atoms in total. The number of nitrogens with one attached hydrogen (secondary N) is 1. The third-order valence-corrected chi connectivity index (χ3v) is 4.52. The van der Waals surface area contributed by atoms with Crippen LogP contribution in [0.2, 0.25) is 0 Å². The van der Waals surface area contributed by atoms with Gasteiger partial charge in [0.25, 0.3) is 5.91 Å². The number of rotatable bonds is 5. The highest BCUT2D eigenvalue weighted by molar-refractivity contribution is 7.90. The predicted molar refractivity (Wildman–Crippen MR) is 71.4 cm³/mol. The quantitative estimate of drug-likeness (QED) is 0.673. The van der Waals surface area contributed by atoms with Gasteiger partial charge in [-0.2, -0.15) is 5.10 Å². The lowest BCUT2D eigenvalue weighted by atomic mass is 10.3. The molecule has 1 heterocycles. The van der Waals surface area contributed by atoms with Crippen molar-refractivity contribution in [2.24, 2.45) is 5.14 Å². The molecular weight excluding hydrogens is 308 g/mol. The van der Waals surface area contributed by atoms with Gasteiger partial charge in [-0.3, -0.25) is 9.89 Å². The largest absolute Gasteiger partial charge is 0.339 e. The lowest BCUT2D eigenvalue weighted by Gasteiger charge is -2.15. The smallest absolute Gasteiger partial charge is 0.275 e. The second-order valence-corrected chi connectivity index (χ2v) is 8.19. The van der Waals surface area contributed by atoms with Crippen LogP contribution in [0.15, 0.2) is 4.90 Å². The summed E-state index contributed by atoms with van der Waals surface area (Å²) in [6.07, 6.45) is 1.04. The molecule has 0 aliphatic heterocycles. The zero-order valence-electron chi connectivity index (χ0n) is 11.2. The fourth-order valence-corrected chi connectivity index (χ4v) is 2.98. The van der Waals surface area contributed by atoms with Crippen LogP contribution in [0, 0.1) is 6.92 Å². The maximum Gasteiger partial charge on any atom is 0.275 e. The first kappa shape index (κ1) is 16.6. The van der Waals surface area contributed by atoms with E-state index in [2.05, 4.69) is 10.2 Å². The molecule has 1 aromatic heterocycles. The minimum Gasteiger partial charge on any atom is -0.339 e. The van der Waals surface area contributed by atoms with Crippen LogP contribution >= 0.6 is 0 Å². The van der Waals surface area contributed by atoms with Crippen molar-refractivity contribution in [1.82, 2.24) is 15.1 Å². The Morgan fingerprint density at radius 1 is 1.35 bits per heavy atom. The van der Waals surface area contributed by atoms with E-state index < -0.39 is 25.8 Å². The highest BCUT2D eigenvalue weighted by Gasteiger charge is 2.27. The van der Waals surface area contributed by atoms with E-state index in [4.69, 9.17) is 5.14 Å². The van der Waals surface area contributed by atoms with Crippen LogP contribution in [0.1, 0.15) is 16.2 Å². The molecule has 114 valence electrons. The number of carbonyl (C=O) groups is 1. The van der Waals surface area contributed by atoms with Gasteiger partial charge in [0.2, 0.25) is 10.0 Å². The number of sulfone groups is 1. The Morgan fingerprint density at radius 3 is 2.35 bits per heavy atom. The van der Waals surface area contributed by atoms with E-state index in [1.807, 2.05) is 0 Å². The van der Waals surface area contributed by atoms with Gasteiger partial charge in [0.05, 0.1) is 11.4 Å². The normalized spacial score (nSPS) is 12.4. The minimum atomic E-state index is -4.10. The van der Waals surface area contributed by atoms with Crippen LogP contribution in [-0.2, 0) is 19.9 Å². The first-order valence-electron chi connectivity index (χ1n) is 5.44. The summed E-state index contributed by atoms with van der Waals surface area (Å²) in [5, 5.41) is 11.0. The number of H-pyrrole nitrogens is 1. The first-order chi connectivity index (χ1) is 8.93. The first-order valence-corrected chi connectivity index (χ1v) is 9.05. The Balaban J connectivity index is 3.05. The summed E-state index contributed by atoms with van der Waals surface area (Å²) in [6, 6.07) is 0. The molecule has 0 bridgehead atoms. The highest BCUT2D eigenvalue weighted by Crippen LogP contribution is 2.17. The van der Waals surface area contributed by atoms with E-state index in [0.29, 0.717) is 0 Å². The molecule has 0 aliphatic carbocycles. The van der Waals surface area contributed by atoms with Crippen molar-refractivity contribution >= 4 is 25.8 Å². The molecule has 0 unspecified atom stereocenters. The number of primary sulfonamides is 1. The van der Waals surface area contributed by atoms with Gasteiger partial charge in [0.15, 0.2) is 5.69 Å². The molecule has 1 rings (SSSR count). The predicted octanol–water partition coefficient (Wildman–Crippen LogP) is -1.52. The number of nitrogens with two attached hydrogens (primary N) is 1. The summed E-state index contributed by atoms with van der Waals surface area (Å²) in [5.41, 5.74) is -0.201. The summed E-state index contributed by atoms with van der Waals surface area (Å²) in [5.74, 6) is -0.953. The van der Waals surface area contributed by atoms with Crippen LogP contribution in [0.5, 0.6) is 0 Å². The average Bonchev–Trinajstić information content (AvgIpc) is 2.65. The number of aromatic nitrogens is 2. The number of carbonyl (C=O) groups excluding carboxylic acids is 1. The summed E-state index contributed by atoms with van der Waals surface area (Å²) < 4.78 is 45.0. The molecule has 0 saturated carbocycles. The van der Waals surface area contributed by atoms with Gasteiger partial charge in [0, 0.05) is 19.8 Å². The molecule has 11 heteroatoms. The van der Waals surface area contributed by atoms with E-state index in [1.54, 1.807) is 0 Å². The molecule has 0 radical (unpaired) electrons. The second kappa shape index (κ2) is 5.50. The van der Waals surface area contributed by atoms with Gasteiger partial charge in [0.1, 0.15) is 14.7 Å². The van der Waals surface area contributed by atoms with E-state index in [1.165, 1.54) is 14.0 Å². The van der Waals surface area contributed by atoms with Crippen molar-refractivity contribution in [2.45, 2.75) is 11.8 Å². The van der Waals surface area contributed by atoms with Crippen molar-refractivity contribution in [1.29, 1.82) is 0 Å². The van der Waals surface area contributed by atoms with Gasteiger partial charge < -0.3 is 4.90 Å². The molecular formula is C9H16N4O5S2. The average molecular weight is 324 g/mol.